The van der Waals surface area contributed by atoms with Gasteiger partial charge < -0.3 is 9.47 Å². The lowest BCUT2D eigenvalue weighted by atomic mass is 9.82. The molecule has 0 bridgehead atoms. The lowest BCUT2D eigenvalue weighted by molar-refractivity contribution is -0.149. The number of carbonyl (C=O) groups is 1. The summed E-state index contributed by atoms with van der Waals surface area (Å²) in [5.41, 5.74) is 0.717. The first-order chi connectivity index (χ1) is 11.4. The van der Waals surface area contributed by atoms with Gasteiger partial charge in [-0.05, 0) is 45.4 Å². The second-order valence-corrected chi connectivity index (χ2v) is 7.57. The van der Waals surface area contributed by atoms with Crippen molar-refractivity contribution in [1.29, 1.82) is 0 Å². The minimum atomic E-state index is -0.404. The summed E-state index contributed by atoms with van der Waals surface area (Å²) >= 11 is 0. The molecule has 0 aromatic heterocycles. The highest BCUT2D eigenvalue weighted by molar-refractivity contribution is 5.73. The maximum absolute atomic E-state index is 11.7. The average molecular weight is 335 g/mol. The average Bonchev–Trinajstić information content (AvgIpc) is 3.01. The van der Waals surface area contributed by atoms with Crippen molar-refractivity contribution in [2.75, 3.05) is 0 Å². The van der Waals surface area contributed by atoms with Gasteiger partial charge in [-0.2, -0.15) is 0 Å². The first kappa shape index (κ1) is 19.2. The molecular formula is C21H34O3. The Labute approximate surface area is 147 Å². The second kappa shape index (κ2) is 7.86. The third-order valence-electron chi connectivity index (χ3n) is 5.83. The fraction of sp³-hybridized carbons (Fsp3) is 0.762. The Kier molecular flexibility index (Phi) is 6.30. The van der Waals surface area contributed by atoms with Crippen LogP contribution < -0.4 is 0 Å². The van der Waals surface area contributed by atoms with Crippen LogP contribution >= 0.6 is 0 Å². The van der Waals surface area contributed by atoms with E-state index in [1.165, 1.54) is 12.0 Å². The number of rotatable bonds is 8. The highest BCUT2D eigenvalue weighted by Gasteiger charge is 2.60. The molecule has 24 heavy (non-hydrogen) atoms. The largest absolute Gasteiger partial charge is 0.456 e. The Morgan fingerprint density at radius 2 is 2.08 bits per heavy atom. The van der Waals surface area contributed by atoms with Crippen molar-refractivity contribution in [2.24, 2.45) is 5.92 Å². The number of carbonyl (C=O) groups excluding carboxylic acids is 1. The van der Waals surface area contributed by atoms with E-state index in [4.69, 9.17) is 9.47 Å². The van der Waals surface area contributed by atoms with E-state index >= 15 is 0 Å². The van der Waals surface area contributed by atoms with Gasteiger partial charge in [-0.3, -0.25) is 4.79 Å². The number of hydrogen-bond acceptors (Lipinski definition) is 3. The molecule has 2 rings (SSSR count). The van der Waals surface area contributed by atoms with Crippen molar-refractivity contribution < 1.29 is 14.3 Å². The van der Waals surface area contributed by atoms with Crippen LogP contribution in [0.2, 0.25) is 0 Å². The van der Waals surface area contributed by atoms with Crippen LogP contribution in [0.5, 0.6) is 0 Å². The molecule has 0 spiro atoms. The third kappa shape index (κ3) is 3.93. The Hall–Kier alpha value is -1.09. The van der Waals surface area contributed by atoms with Gasteiger partial charge in [0.25, 0.3) is 0 Å². The summed E-state index contributed by atoms with van der Waals surface area (Å²) < 4.78 is 12.1. The van der Waals surface area contributed by atoms with E-state index in [0.29, 0.717) is 12.3 Å². The molecule has 0 amide bonds. The Morgan fingerprint density at radius 3 is 2.62 bits per heavy atom. The van der Waals surface area contributed by atoms with E-state index in [1.807, 2.05) is 0 Å². The molecule has 2 aliphatic heterocycles. The van der Waals surface area contributed by atoms with E-state index in [9.17, 15) is 4.79 Å². The van der Waals surface area contributed by atoms with Crippen molar-refractivity contribution in [3.63, 3.8) is 0 Å². The van der Waals surface area contributed by atoms with Gasteiger partial charge >= 0.3 is 5.97 Å². The summed E-state index contributed by atoms with van der Waals surface area (Å²) in [5.74, 6) is 0.579. The predicted octanol–water partition coefficient (Wildman–Crippen LogP) is 5.35. The van der Waals surface area contributed by atoms with E-state index in [2.05, 4.69) is 52.8 Å². The summed E-state index contributed by atoms with van der Waals surface area (Å²) in [6, 6.07) is 0. The quantitative estimate of drug-likeness (QED) is 0.443. The summed E-state index contributed by atoms with van der Waals surface area (Å²) in [6.45, 7) is 10.8. The zero-order valence-corrected chi connectivity index (χ0v) is 16.1. The lowest BCUT2D eigenvalue weighted by Crippen LogP contribution is -2.35. The van der Waals surface area contributed by atoms with Crippen LogP contribution in [0.25, 0.3) is 0 Å². The van der Waals surface area contributed by atoms with Crippen LogP contribution in [0.15, 0.2) is 23.8 Å². The van der Waals surface area contributed by atoms with Gasteiger partial charge in [0, 0.05) is 6.42 Å². The SMILES string of the molecule is C/C=C/C[C@H](CC)C/C(C)=C/[C@@]1(CC)C[C@]2(CC)OC(=O)C[C@@H]2O1. The molecule has 136 valence electrons. The third-order valence-corrected chi connectivity index (χ3v) is 5.83. The van der Waals surface area contributed by atoms with Crippen LogP contribution in [0.1, 0.15) is 79.6 Å². The van der Waals surface area contributed by atoms with Crippen LogP contribution in [0.3, 0.4) is 0 Å². The topological polar surface area (TPSA) is 35.5 Å². The zero-order valence-electron chi connectivity index (χ0n) is 16.1. The van der Waals surface area contributed by atoms with Gasteiger partial charge in [-0.15, -0.1) is 0 Å². The molecular weight excluding hydrogens is 300 g/mol. The molecule has 2 fully saturated rings. The molecule has 4 atom stereocenters. The number of esters is 1. The molecule has 2 heterocycles. The van der Waals surface area contributed by atoms with E-state index < -0.39 is 5.60 Å². The monoisotopic (exact) mass is 334 g/mol. The molecule has 3 heteroatoms. The van der Waals surface area contributed by atoms with Crippen molar-refractivity contribution in [2.45, 2.75) is 96.9 Å². The molecule has 0 radical (unpaired) electrons. The van der Waals surface area contributed by atoms with Gasteiger partial charge in [-0.25, -0.2) is 0 Å². The minimum absolute atomic E-state index is 0.0796. The van der Waals surface area contributed by atoms with Crippen molar-refractivity contribution >= 4 is 5.97 Å². The fourth-order valence-electron chi connectivity index (χ4n) is 4.31. The second-order valence-electron chi connectivity index (χ2n) is 7.57. The molecule has 0 aliphatic carbocycles. The van der Waals surface area contributed by atoms with Gasteiger partial charge in [0.15, 0.2) is 0 Å². The van der Waals surface area contributed by atoms with Crippen molar-refractivity contribution in [1.82, 2.24) is 0 Å². The first-order valence-corrected chi connectivity index (χ1v) is 9.61. The molecule has 3 nitrogen and oxygen atoms in total. The molecule has 2 saturated heterocycles. The molecule has 0 aromatic carbocycles. The first-order valence-electron chi connectivity index (χ1n) is 9.61. The molecule has 0 aromatic rings. The fourth-order valence-corrected chi connectivity index (χ4v) is 4.31. The molecule has 0 N–H and O–H groups in total. The number of allylic oxidation sites excluding steroid dienone is 3. The van der Waals surface area contributed by atoms with Crippen molar-refractivity contribution in [3.05, 3.63) is 23.8 Å². The van der Waals surface area contributed by atoms with Gasteiger partial charge in [-0.1, -0.05) is 51.0 Å². The number of ether oxygens (including phenoxy) is 2. The maximum atomic E-state index is 11.7. The number of fused-ring (bicyclic) bond motifs is 1. The smallest absolute Gasteiger partial charge is 0.309 e. The Morgan fingerprint density at radius 1 is 1.33 bits per heavy atom. The summed E-state index contributed by atoms with van der Waals surface area (Å²) in [4.78, 5) is 11.7. The maximum Gasteiger partial charge on any atom is 0.309 e. The van der Waals surface area contributed by atoms with Crippen molar-refractivity contribution in [3.8, 4) is 0 Å². The molecule has 0 saturated carbocycles. The van der Waals surface area contributed by atoms with Crippen LogP contribution in [0, 0.1) is 5.92 Å². The van der Waals surface area contributed by atoms with E-state index in [1.54, 1.807) is 0 Å². The van der Waals surface area contributed by atoms with Gasteiger partial charge in [0.2, 0.25) is 0 Å². The van der Waals surface area contributed by atoms with Crippen LogP contribution in [0.4, 0.5) is 0 Å². The summed E-state index contributed by atoms with van der Waals surface area (Å²) in [5, 5.41) is 0. The van der Waals surface area contributed by atoms with Crippen LogP contribution in [-0.4, -0.2) is 23.3 Å². The highest BCUT2D eigenvalue weighted by Crippen LogP contribution is 2.50. The normalized spacial score (nSPS) is 34.6. The van der Waals surface area contributed by atoms with Gasteiger partial charge in [0.1, 0.15) is 11.7 Å². The lowest BCUT2D eigenvalue weighted by Gasteiger charge is -2.28. The zero-order chi connectivity index (χ0) is 17.8. The van der Waals surface area contributed by atoms with Gasteiger partial charge in [0.05, 0.1) is 12.0 Å². The predicted molar refractivity (Wildman–Crippen MR) is 97.8 cm³/mol. The van der Waals surface area contributed by atoms with Crippen LogP contribution in [-0.2, 0) is 14.3 Å². The summed E-state index contributed by atoms with van der Waals surface area (Å²) in [6.07, 6.45) is 13.0. The number of hydrogen-bond donors (Lipinski definition) is 0. The van der Waals surface area contributed by atoms with E-state index in [0.717, 1.165) is 32.1 Å². The molecule has 0 unspecified atom stereocenters. The standard InChI is InChI=1S/C21H34O3/c1-6-10-11-17(7-2)12-16(5)14-20(8-3)15-21(9-4)18(23-20)13-19(22)24-21/h6,10,14,17-18H,7-9,11-13,15H2,1-5H3/b10-6+,16-14+/t17-,18-,20-,21-/m0/s1. The minimum Gasteiger partial charge on any atom is -0.456 e. The summed E-state index contributed by atoms with van der Waals surface area (Å²) in [7, 11) is 0. The Bertz CT molecular complexity index is 507. The van der Waals surface area contributed by atoms with E-state index in [-0.39, 0.29) is 17.7 Å². The Balaban J connectivity index is 2.12. The highest BCUT2D eigenvalue weighted by atomic mass is 16.6. The molecule has 2 aliphatic rings.